The van der Waals surface area contributed by atoms with Gasteiger partial charge in [-0.3, -0.25) is 4.79 Å². The molecular formula is C14H14ClF3N2O3. The van der Waals surface area contributed by atoms with E-state index >= 15 is 0 Å². The van der Waals surface area contributed by atoms with Gasteiger partial charge in [0.15, 0.2) is 0 Å². The zero-order valence-electron chi connectivity index (χ0n) is 12.0. The molecule has 2 N–H and O–H groups in total. The highest BCUT2D eigenvalue weighted by Crippen LogP contribution is 2.37. The summed E-state index contributed by atoms with van der Waals surface area (Å²) in [5.74, 6) is -1.34. The number of alkyl halides is 3. The van der Waals surface area contributed by atoms with Crippen LogP contribution < -0.4 is 5.32 Å². The second-order valence-electron chi connectivity index (χ2n) is 5.39. The summed E-state index contributed by atoms with van der Waals surface area (Å²) >= 11 is 5.57. The lowest BCUT2D eigenvalue weighted by molar-refractivity contribution is -0.137. The average molecular weight is 351 g/mol. The predicted octanol–water partition coefficient (Wildman–Crippen LogP) is 3.69. The van der Waals surface area contributed by atoms with Gasteiger partial charge in [0.2, 0.25) is 5.91 Å². The van der Waals surface area contributed by atoms with Gasteiger partial charge in [0.25, 0.3) is 0 Å². The molecule has 0 saturated carbocycles. The number of carbonyl (C=O) groups excluding carboxylic acids is 1. The Morgan fingerprint density at radius 1 is 1.39 bits per heavy atom. The van der Waals surface area contributed by atoms with E-state index < -0.39 is 35.3 Å². The molecule has 1 aliphatic heterocycles. The molecule has 1 aromatic rings. The maximum atomic E-state index is 13.0. The van der Waals surface area contributed by atoms with Crippen LogP contribution in [0.15, 0.2) is 18.2 Å². The number of anilines is 1. The first-order valence-corrected chi connectivity index (χ1v) is 7.14. The average Bonchev–Trinajstić information content (AvgIpc) is 2.82. The molecule has 1 saturated heterocycles. The maximum Gasteiger partial charge on any atom is 0.418 e. The first-order valence-electron chi connectivity index (χ1n) is 6.76. The quantitative estimate of drug-likeness (QED) is 0.854. The van der Waals surface area contributed by atoms with E-state index in [4.69, 9.17) is 16.7 Å². The van der Waals surface area contributed by atoms with E-state index in [9.17, 15) is 22.8 Å². The standard InChI is InChI=1S/C14H14ClF3N2O3/c1-7-4-8(6-20(7)13(22)23)12(21)19-11-3-2-9(15)5-10(11)14(16,17)18/h2-3,5,7-8H,4,6H2,1H3,(H,19,21)(H,22,23)/t7?,8-/m0/s1. The molecule has 0 aromatic heterocycles. The summed E-state index contributed by atoms with van der Waals surface area (Å²) < 4.78 is 39.0. The topological polar surface area (TPSA) is 69.6 Å². The van der Waals surface area contributed by atoms with Gasteiger partial charge in [-0.2, -0.15) is 13.2 Å². The predicted molar refractivity (Wildman–Crippen MR) is 77.4 cm³/mol. The molecule has 0 bridgehead atoms. The van der Waals surface area contributed by atoms with Crippen LogP contribution in [0.2, 0.25) is 5.02 Å². The molecule has 1 fully saturated rings. The molecule has 1 unspecified atom stereocenters. The lowest BCUT2D eigenvalue weighted by Crippen LogP contribution is -2.33. The van der Waals surface area contributed by atoms with Gasteiger partial charge in [0.1, 0.15) is 0 Å². The van der Waals surface area contributed by atoms with Crippen molar-refractivity contribution in [1.29, 1.82) is 0 Å². The van der Waals surface area contributed by atoms with Crippen LogP contribution >= 0.6 is 11.6 Å². The molecule has 1 aliphatic rings. The summed E-state index contributed by atoms with van der Waals surface area (Å²) in [5, 5.41) is 11.1. The lowest BCUT2D eigenvalue weighted by atomic mass is 10.0. The van der Waals surface area contributed by atoms with Crippen LogP contribution in [-0.2, 0) is 11.0 Å². The molecule has 126 valence electrons. The van der Waals surface area contributed by atoms with Gasteiger partial charge in [-0.25, -0.2) is 4.79 Å². The minimum atomic E-state index is -4.66. The molecule has 2 rings (SSSR count). The third kappa shape index (κ3) is 3.87. The van der Waals surface area contributed by atoms with Crippen molar-refractivity contribution in [1.82, 2.24) is 4.90 Å². The number of carbonyl (C=O) groups is 2. The lowest BCUT2D eigenvalue weighted by Gasteiger charge is -2.17. The smallest absolute Gasteiger partial charge is 0.418 e. The van der Waals surface area contributed by atoms with E-state index in [0.717, 1.165) is 17.0 Å². The molecule has 0 aliphatic carbocycles. The summed E-state index contributed by atoms with van der Waals surface area (Å²) in [5.41, 5.74) is -1.44. The normalized spacial score (nSPS) is 21.3. The summed E-state index contributed by atoms with van der Waals surface area (Å²) in [7, 11) is 0. The van der Waals surface area contributed by atoms with Crippen molar-refractivity contribution in [3.05, 3.63) is 28.8 Å². The van der Waals surface area contributed by atoms with E-state index in [1.165, 1.54) is 6.07 Å². The van der Waals surface area contributed by atoms with Gasteiger partial charge in [0, 0.05) is 17.6 Å². The number of halogens is 4. The Morgan fingerprint density at radius 3 is 2.57 bits per heavy atom. The van der Waals surface area contributed by atoms with Crippen molar-refractivity contribution in [2.75, 3.05) is 11.9 Å². The second kappa shape index (κ2) is 6.27. The molecule has 1 aromatic carbocycles. The Morgan fingerprint density at radius 2 is 2.04 bits per heavy atom. The van der Waals surface area contributed by atoms with Crippen molar-refractivity contribution in [2.45, 2.75) is 25.6 Å². The van der Waals surface area contributed by atoms with E-state index in [1.54, 1.807) is 6.92 Å². The first-order chi connectivity index (χ1) is 10.6. The van der Waals surface area contributed by atoms with Crippen molar-refractivity contribution in [3.8, 4) is 0 Å². The van der Waals surface area contributed by atoms with Crippen LogP contribution in [0.4, 0.5) is 23.7 Å². The molecule has 0 radical (unpaired) electrons. The molecule has 9 heteroatoms. The molecular weight excluding hydrogens is 337 g/mol. The zero-order chi connectivity index (χ0) is 17.4. The summed E-state index contributed by atoms with van der Waals surface area (Å²) in [4.78, 5) is 24.2. The number of nitrogens with zero attached hydrogens (tertiary/aromatic N) is 1. The monoisotopic (exact) mass is 350 g/mol. The highest BCUT2D eigenvalue weighted by atomic mass is 35.5. The Kier molecular flexibility index (Phi) is 4.74. The molecule has 2 atom stereocenters. The fraction of sp³-hybridized carbons (Fsp3) is 0.429. The molecule has 0 spiro atoms. The highest BCUT2D eigenvalue weighted by molar-refractivity contribution is 6.30. The number of benzene rings is 1. The van der Waals surface area contributed by atoms with E-state index in [-0.39, 0.29) is 24.0 Å². The number of hydrogen-bond donors (Lipinski definition) is 2. The minimum Gasteiger partial charge on any atom is -0.465 e. The third-order valence-corrected chi connectivity index (χ3v) is 3.97. The van der Waals surface area contributed by atoms with Crippen LogP contribution in [0.25, 0.3) is 0 Å². The fourth-order valence-corrected chi connectivity index (χ4v) is 2.75. The Bertz CT molecular complexity index is 636. The SMILES string of the molecule is CC1C[C@H](C(=O)Nc2ccc(Cl)cc2C(F)(F)F)CN1C(=O)O. The summed E-state index contributed by atoms with van der Waals surface area (Å²) in [6, 6.07) is 2.69. The summed E-state index contributed by atoms with van der Waals surface area (Å²) in [6.07, 6.45) is -5.56. The Labute approximate surface area is 135 Å². The van der Waals surface area contributed by atoms with Crippen LogP contribution in [0.5, 0.6) is 0 Å². The second-order valence-corrected chi connectivity index (χ2v) is 5.83. The van der Waals surface area contributed by atoms with Crippen molar-refractivity contribution >= 4 is 29.3 Å². The van der Waals surface area contributed by atoms with Gasteiger partial charge in [-0.15, -0.1) is 0 Å². The maximum absolute atomic E-state index is 13.0. The van der Waals surface area contributed by atoms with Crippen molar-refractivity contribution < 1.29 is 27.9 Å². The minimum absolute atomic E-state index is 0.0444. The van der Waals surface area contributed by atoms with Crippen LogP contribution in [-0.4, -0.2) is 34.6 Å². The van der Waals surface area contributed by atoms with Gasteiger partial charge in [-0.05, 0) is 31.5 Å². The first kappa shape index (κ1) is 17.4. The van der Waals surface area contributed by atoms with Crippen LogP contribution in [0.3, 0.4) is 0 Å². The van der Waals surface area contributed by atoms with Crippen molar-refractivity contribution in [3.63, 3.8) is 0 Å². The summed E-state index contributed by atoms with van der Waals surface area (Å²) in [6.45, 7) is 1.60. The van der Waals surface area contributed by atoms with Crippen LogP contribution in [0.1, 0.15) is 18.9 Å². The number of hydrogen-bond acceptors (Lipinski definition) is 2. The Hall–Kier alpha value is -1.96. The Balaban J connectivity index is 2.17. The number of carboxylic acid groups (broad SMARTS) is 1. The van der Waals surface area contributed by atoms with Crippen LogP contribution in [0, 0.1) is 5.92 Å². The molecule has 23 heavy (non-hydrogen) atoms. The van der Waals surface area contributed by atoms with E-state index in [0.29, 0.717) is 0 Å². The van der Waals surface area contributed by atoms with Crippen molar-refractivity contribution in [2.24, 2.45) is 5.92 Å². The molecule has 2 amide bonds. The number of amides is 2. The fourth-order valence-electron chi connectivity index (χ4n) is 2.58. The zero-order valence-corrected chi connectivity index (χ0v) is 12.8. The van der Waals surface area contributed by atoms with Gasteiger partial charge in [-0.1, -0.05) is 11.6 Å². The van der Waals surface area contributed by atoms with Gasteiger partial charge < -0.3 is 15.3 Å². The number of nitrogens with one attached hydrogen (secondary N) is 1. The number of likely N-dealkylation sites (tertiary alicyclic amines) is 1. The van der Waals surface area contributed by atoms with Gasteiger partial charge >= 0.3 is 12.3 Å². The van der Waals surface area contributed by atoms with E-state index in [1.807, 2.05) is 0 Å². The number of rotatable bonds is 2. The molecule has 1 heterocycles. The third-order valence-electron chi connectivity index (χ3n) is 3.74. The van der Waals surface area contributed by atoms with Gasteiger partial charge in [0.05, 0.1) is 17.2 Å². The largest absolute Gasteiger partial charge is 0.465 e. The highest BCUT2D eigenvalue weighted by Gasteiger charge is 2.38. The van der Waals surface area contributed by atoms with E-state index in [2.05, 4.69) is 5.32 Å². The molecule has 5 nitrogen and oxygen atoms in total.